The fraction of sp³-hybridized carbons (Fsp3) is 0.400. The fourth-order valence-electron chi connectivity index (χ4n) is 3.22. The van der Waals surface area contributed by atoms with E-state index < -0.39 is 12.7 Å². The van der Waals surface area contributed by atoms with Gasteiger partial charge in [0, 0.05) is 36.4 Å². The highest BCUT2D eigenvalue weighted by atomic mass is 19.4. The molecule has 3 heterocycles. The molecule has 1 saturated heterocycles. The van der Waals surface area contributed by atoms with Crippen molar-refractivity contribution in [2.45, 2.75) is 25.1 Å². The molecule has 0 spiro atoms. The van der Waals surface area contributed by atoms with Gasteiger partial charge in [-0.25, -0.2) is 4.98 Å². The van der Waals surface area contributed by atoms with Crippen LogP contribution in [0.15, 0.2) is 47.4 Å². The molecule has 0 unspecified atom stereocenters. The maximum absolute atomic E-state index is 12.4. The second kappa shape index (κ2) is 9.13. The van der Waals surface area contributed by atoms with Gasteiger partial charge in [0.15, 0.2) is 0 Å². The molecule has 0 radical (unpaired) electrons. The molecule has 0 atom stereocenters. The van der Waals surface area contributed by atoms with E-state index in [1.165, 1.54) is 24.7 Å². The van der Waals surface area contributed by atoms with E-state index >= 15 is 0 Å². The highest BCUT2D eigenvalue weighted by molar-refractivity contribution is 5.93. The molecule has 0 saturated carbocycles. The number of rotatable bonds is 6. The standard InChI is InChI=1S/C20H23F3N6/c1-3-7-25-18-15(11-24-13-20(21,22)23)4-8-26-19(18)17-12-29(14-27-17)16-5-9-28(2)10-6-16/h3-4,7-8,11-12,14,16H,1,5-6,9-10,13H2,2H3/b24-11-,25-7+. The van der Waals surface area contributed by atoms with Gasteiger partial charge in [-0.3, -0.25) is 15.0 Å². The molecule has 1 fully saturated rings. The number of halogens is 3. The van der Waals surface area contributed by atoms with E-state index in [4.69, 9.17) is 0 Å². The van der Waals surface area contributed by atoms with Crippen LogP contribution in [0.2, 0.25) is 0 Å². The summed E-state index contributed by atoms with van der Waals surface area (Å²) < 4.78 is 39.4. The molecular formula is C20H23F3N6. The smallest absolute Gasteiger partial charge is 0.334 e. The second-order valence-corrected chi connectivity index (χ2v) is 6.94. The summed E-state index contributed by atoms with van der Waals surface area (Å²) in [5.74, 6) is 0. The number of alkyl halides is 3. The summed E-state index contributed by atoms with van der Waals surface area (Å²) in [7, 11) is 2.11. The topological polar surface area (TPSA) is 58.7 Å². The van der Waals surface area contributed by atoms with Crippen molar-refractivity contribution in [1.82, 2.24) is 19.4 Å². The van der Waals surface area contributed by atoms with Gasteiger partial charge >= 0.3 is 6.18 Å². The first-order valence-electron chi connectivity index (χ1n) is 9.30. The van der Waals surface area contributed by atoms with Gasteiger partial charge < -0.3 is 9.47 Å². The summed E-state index contributed by atoms with van der Waals surface area (Å²) in [4.78, 5) is 18.9. The Morgan fingerprint density at radius 2 is 2.03 bits per heavy atom. The number of pyridine rings is 1. The molecule has 1 aliphatic rings. The largest absolute Gasteiger partial charge is 0.407 e. The Morgan fingerprint density at radius 3 is 2.72 bits per heavy atom. The van der Waals surface area contributed by atoms with E-state index in [0.29, 0.717) is 28.7 Å². The molecule has 6 nitrogen and oxygen atoms in total. The lowest BCUT2D eigenvalue weighted by Crippen LogP contribution is -2.31. The lowest BCUT2D eigenvalue weighted by atomic mass is 10.1. The van der Waals surface area contributed by atoms with Crippen LogP contribution in [0.1, 0.15) is 24.4 Å². The molecule has 0 N–H and O–H groups in total. The van der Waals surface area contributed by atoms with E-state index in [-0.39, 0.29) is 0 Å². The molecular weight excluding hydrogens is 381 g/mol. The van der Waals surface area contributed by atoms with E-state index in [1.807, 2.05) is 6.20 Å². The SMILES string of the molecule is C=C/C=N/c1c(/C=N\CC(F)(F)F)ccnc1-c1cn(C2CCN(C)CC2)cn1. The van der Waals surface area contributed by atoms with Gasteiger partial charge in [0.05, 0.1) is 12.0 Å². The van der Waals surface area contributed by atoms with Gasteiger partial charge in [-0.05, 0) is 39.0 Å². The van der Waals surface area contributed by atoms with Crippen molar-refractivity contribution in [3.05, 3.63) is 43.0 Å². The summed E-state index contributed by atoms with van der Waals surface area (Å²) in [6.07, 6.45) is 7.05. The number of imidazole rings is 1. The molecule has 154 valence electrons. The predicted molar refractivity (Wildman–Crippen MR) is 108 cm³/mol. The molecule has 0 bridgehead atoms. The molecule has 29 heavy (non-hydrogen) atoms. The number of aromatic nitrogens is 3. The molecule has 0 aliphatic carbocycles. The number of nitrogens with zero attached hydrogens (tertiary/aromatic N) is 6. The van der Waals surface area contributed by atoms with Crippen molar-refractivity contribution in [1.29, 1.82) is 0 Å². The molecule has 1 aliphatic heterocycles. The molecule has 9 heteroatoms. The van der Waals surface area contributed by atoms with Crippen molar-refractivity contribution in [3.63, 3.8) is 0 Å². The fourth-order valence-corrected chi connectivity index (χ4v) is 3.22. The monoisotopic (exact) mass is 404 g/mol. The van der Waals surface area contributed by atoms with Crippen LogP contribution in [0.5, 0.6) is 0 Å². The average Bonchev–Trinajstić information content (AvgIpc) is 3.16. The van der Waals surface area contributed by atoms with Crippen LogP contribution in [-0.2, 0) is 0 Å². The minimum Gasteiger partial charge on any atom is -0.334 e. The highest BCUT2D eigenvalue weighted by Crippen LogP contribution is 2.31. The van der Waals surface area contributed by atoms with Gasteiger partial charge in [-0.2, -0.15) is 13.2 Å². The van der Waals surface area contributed by atoms with Gasteiger partial charge in [0.25, 0.3) is 0 Å². The quantitative estimate of drug-likeness (QED) is 0.682. The highest BCUT2D eigenvalue weighted by Gasteiger charge is 2.26. The lowest BCUT2D eigenvalue weighted by molar-refractivity contribution is -0.118. The number of hydrogen-bond donors (Lipinski definition) is 0. The van der Waals surface area contributed by atoms with Crippen molar-refractivity contribution in [3.8, 4) is 11.4 Å². The number of allylic oxidation sites excluding steroid dienone is 1. The van der Waals surface area contributed by atoms with Crippen LogP contribution in [0.3, 0.4) is 0 Å². The summed E-state index contributed by atoms with van der Waals surface area (Å²) in [6, 6.07) is 1.94. The summed E-state index contributed by atoms with van der Waals surface area (Å²) in [6.45, 7) is 4.40. The van der Waals surface area contributed by atoms with Crippen LogP contribution in [0.4, 0.5) is 18.9 Å². The van der Waals surface area contributed by atoms with Gasteiger partial charge in [-0.1, -0.05) is 12.7 Å². The Hall–Kier alpha value is -2.81. The van der Waals surface area contributed by atoms with Crippen LogP contribution in [-0.4, -0.2) is 64.7 Å². The van der Waals surface area contributed by atoms with Gasteiger partial charge in [-0.15, -0.1) is 0 Å². The summed E-state index contributed by atoms with van der Waals surface area (Å²) in [5, 5.41) is 0. The average molecular weight is 404 g/mol. The van der Waals surface area contributed by atoms with Crippen LogP contribution in [0.25, 0.3) is 11.4 Å². The Balaban J connectivity index is 1.91. The number of hydrogen-bond acceptors (Lipinski definition) is 5. The third-order valence-corrected chi connectivity index (χ3v) is 4.72. The zero-order valence-corrected chi connectivity index (χ0v) is 16.2. The third-order valence-electron chi connectivity index (χ3n) is 4.72. The van der Waals surface area contributed by atoms with Crippen LogP contribution in [0, 0.1) is 0 Å². The molecule has 0 aromatic carbocycles. The Labute approximate surface area is 167 Å². The van der Waals surface area contributed by atoms with E-state index in [2.05, 4.69) is 43.0 Å². The maximum Gasteiger partial charge on any atom is 0.407 e. The Kier molecular flexibility index (Phi) is 6.58. The molecule has 0 amide bonds. The first-order chi connectivity index (χ1) is 13.9. The molecule has 2 aromatic heterocycles. The second-order valence-electron chi connectivity index (χ2n) is 6.94. The summed E-state index contributed by atoms with van der Waals surface area (Å²) in [5.41, 5.74) is 1.95. The predicted octanol–water partition coefficient (Wildman–Crippen LogP) is 4.08. The van der Waals surface area contributed by atoms with E-state index in [9.17, 15) is 13.2 Å². The molecule has 2 aromatic rings. The van der Waals surface area contributed by atoms with Crippen LogP contribution >= 0.6 is 0 Å². The normalized spacial score (nSPS) is 16.8. The number of piperidine rings is 1. The van der Waals surface area contributed by atoms with Crippen molar-refractivity contribution in [2.75, 3.05) is 26.7 Å². The zero-order valence-electron chi connectivity index (χ0n) is 16.2. The van der Waals surface area contributed by atoms with Gasteiger partial charge in [0.2, 0.25) is 0 Å². The minimum absolute atomic E-state index is 0.365. The number of likely N-dealkylation sites (tertiary alicyclic amines) is 1. The lowest BCUT2D eigenvalue weighted by Gasteiger charge is -2.29. The van der Waals surface area contributed by atoms with Gasteiger partial charge in [0.1, 0.15) is 17.9 Å². The van der Waals surface area contributed by atoms with E-state index in [1.54, 1.807) is 12.4 Å². The van der Waals surface area contributed by atoms with Crippen molar-refractivity contribution >= 4 is 18.1 Å². The van der Waals surface area contributed by atoms with Crippen LogP contribution < -0.4 is 0 Å². The zero-order chi connectivity index (χ0) is 20.9. The van der Waals surface area contributed by atoms with Crippen molar-refractivity contribution < 1.29 is 13.2 Å². The first kappa shape index (κ1) is 20.9. The maximum atomic E-state index is 12.4. The Bertz CT molecular complexity index is 892. The van der Waals surface area contributed by atoms with Crippen molar-refractivity contribution in [2.24, 2.45) is 9.98 Å². The third kappa shape index (κ3) is 5.60. The minimum atomic E-state index is -4.36. The Morgan fingerprint density at radius 1 is 1.28 bits per heavy atom. The first-order valence-corrected chi connectivity index (χ1v) is 9.30. The summed E-state index contributed by atoms with van der Waals surface area (Å²) >= 11 is 0. The molecule has 3 rings (SSSR count). The van der Waals surface area contributed by atoms with E-state index in [0.717, 1.165) is 25.9 Å². The number of aliphatic imine (C=N–C) groups is 2.